The van der Waals surface area contributed by atoms with Crippen molar-refractivity contribution in [3.63, 3.8) is 0 Å². The van der Waals surface area contributed by atoms with Gasteiger partial charge in [0.2, 0.25) is 0 Å². The van der Waals surface area contributed by atoms with Crippen molar-refractivity contribution in [3.05, 3.63) is 30.3 Å². The number of benzene rings is 1. The Labute approximate surface area is 84.7 Å². The Balaban J connectivity index is 0.000000810. The van der Waals surface area contributed by atoms with Crippen LogP contribution >= 0.6 is 19.2 Å². The van der Waals surface area contributed by atoms with Gasteiger partial charge in [0.15, 0.2) is 0 Å². The van der Waals surface area contributed by atoms with Gasteiger partial charge in [-0.1, -0.05) is 18.2 Å². The average molecular weight is 284 g/mol. The van der Waals surface area contributed by atoms with Gasteiger partial charge in [-0.15, -0.1) is 0 Å². The SMILES string of the molecule is C[PH2+]Sc1ccccc1.[I-]. The van der Waals surface area contributed by atoms with Gasteiger partial charge < -0.3 is 24.0 Å². The first kappa shape index (κ1) is 10.7. The van der Waals surface area contributed by atoms with Gasteiger partial charge >= 0.3 is 0 Å². The smallest absolute Gasteiger partial charge is 0.0551 e. The van der Waals surface area contributed by atoms with E-state index in [0.717, 1.165) is 0 Å². The number of rotatable bonds is 2. The molecule has 0 heterocycles. The van der Waals surface area contributed by atoms with Gasteiger partial charge in [0, 0.05) is 24.1 Å². The molecule has 0 aliphatic heterocycles. The molecule has 0 spiro atoms. The van der Waals surface area contributed by atoms with E-state index in [0.29, 0.717) is 7.78 Å². The van der Waals surface area contributed by atoms with E-state index >= 15 is 0 Å². The van der Waals surface area contributed by atoms with Crippen molar-refractivity contribution in [2.75, 3.05) is 6.66 Å². The van der Waals surface area contributed by atoms with Crippen LogP contribution in [0.4, 0.5) is 0 Å². The highest BCUT2D eigenvalue weighted by Crippen LogP contribution is 2.32. The van der Waals surface area contributed by atoms with E-state index in [-0.39, 0.29) is 24.0 Å². The standard InChI is InChI=1S/C7H9PS.HI/c1-8-9-7-5-3-2-4-6-7;/h2-6,8H,1H3;1H. The van der Waals surface area contributed by atoms with E-state index in [9.17, 15) is 0 Å². The lowest BCUT2D eigenvalue weighted by atomic mass is 10.4. The monoisotopic (exact) mass is 284 g/mol. The molecule has 1 unspecified atom stereocenters. The minimum atomic E-state index is 0. The molecule has 3 heteroatoms. The molecule has 0 aliphatic rings. The lowest BCUT2D eigenvalue weighted by Crippen LogP contribution is -3.00. The zero-order valence-corrected chi connectivity index (χ0v) is 9.88. The summed E-state index contributed by atoms with van der Waals surface area (Å²) in [6.45, 7) is 2.25. The fraction of sp³-hybridized carbons (Fsp3) is 0.143. The van der Waals surface area contributed by atoms with Gasteiger partial charge in [-0.3, -0.25) is 0 Å². The first-order chi connectivity index (χ1) is 4.43. The molecule has 0 radical (unpaired) electrons. The van der Waals surface area contributed by atoms with Crippen LogP contribution in [0.3, 0.4) is 0 Å². The third-order valence-electron chi connectivity index (χ3n) is 0.997. The van der Waals surface area contributed by atoms with Crippen molar-refractivity contribution < 1.29 is 24.0 Å². The molecular weight excluding hydrogens is 274 g/mol. The molecule has 10 heavy (non-hydrogen) atoms. The van der Waals surface area contributed by atoms with Crippen LogP contribution in [0.5, 0.6) is 0 Å². The van der Waals surface area contributed by atoms with Crippen LogP contribution in [0.25, 0.3) is 0 Å². The minimum Gasteiger partial charge on any atom is -1.00 e. The lowest BCUT2D eigenvalue weighted by Gasteiger charge is -1.87. The maximum Gasteiger partial charge on any atom is 0.0551 e. The fourth-order valence-electron chi connectivity index (χ4n) is 0.635. The summed E-state index contributed by atoms with van der Waals surface area (Å²) in [6, 6.07) is 10.5. The van der Waals surface area contributed by atoms with E-state index in [2.05, 4.69) is 37.0 Å². The second kappa shape index (κ2) is 6.44. The van der Waals surface area contributed by atoms with Crippen molar-refractivity contribution in [1.82, 2.24) is 0 Å². The number of halogens is 1. The van der Waals surface area contributed by atoms with Crippen molar-refractivity contribution in [2.24, 2.45) is 0 Å². The van der Waals surface area contributed by atoms with Gasteiger partial charge in [-0.05, 0) is 12.1 Å². The Morgan fingerprint density at radius 3 is 2.30 bits per heavy atom. The Bertz CT molecular complexity index is 167. The summed E-state index contributed by atoms with van der Waals surface area (Å²) < 4.78 is 0. The highest BCUT2D eigenvalue weighted by Gasteiger charge is 1.90. The Morgan fingerprint density at radius 1 is 1.20 bits per heavy atom. The number of hydrogen-bond acceptors (Lipinski definition) is 1. The molecule has 0 N–H and O–H groups in total. The summed E-state index contributed by atoms with van der Waals surface area (Å²) >= 11 is 1.96. The van der Waals surface area contributed by atoms with Crippen molar-refractivity contribution >= 4 is 19.2 Å². The molecule has 0 fully saturated rings. The molecule has 1 aromatic rings. The first-order valence-electron chi connectivity index (χ1n) is 2.93. The number of hydrogen-bond donors (Lipinski definition) is 0. The maximum absolute atomic E-state index is 2.25. The molecule has 0 saturated carbocycles. The highest BCUT2D eigenvalue weighted by molar-refractivity contribution is 8.49. The zero-order valence-electron chi connectivity index (χ0n) is 5.75. The van der Waals surface area contributed by atoms with Crippen LogP contribution in [0, 0.1) is 0 Å². The summed E-state index contributed by atoms with van der Waals surface area (Å²) in [5.74, 6) is 0. The van der Waals surface area contributed by atoms with Gasteiger partial charge in [-0.2, -0.15) is 0 Å². The van der Waals surface area contributed by atoms with Crippen molar-refractivity contribution in [3.8, 4) is 0 Å². The fourth-order valence-corrected chi connectivity index (χ4v) is 2.51. The normalized spacial score (nSPS) is 9.70. The zero-order chi connectivity index (χ0) is 6.53. The van der Waals surface area contributed by atoms with Crippen LogP contribution in [0.1, 0.15) is 0 Å². The van der Waals surface area contributed by atoms with Gasteiger partial charge in [0.05, 0.1) is 6.66 Å². The predicted molar refractivity (Wildman–Crippen MR) is 47.9 cm³/mol. The summed E-state index contributed by atoms with van der Waals surface area (Å²) in [7, 11) is 0.542. The first-order valence-corrected chi connectivity index (χ1v) is 6.38. The molecular formula is C7H10IPS. The maximum atomic E-state index is 2.25. The van der Waals surface area contributed by atoms with Crippen LogP contribution in [0.2, 0.25) is 0 Å². The largest absolute Gasteiger partial charge is 1.00 e. The molecule has 1 aromatic carbocycles. The molecule has 1 rings (SSSR count). The summed E-state index contributed by atoms with van der Waals surface area (Å²) in [4.78, 5) is 1.40. The van der Waals surface area contributed by atoms with Crippen molar-refractivity contribution in [2.45, 2.75) is 4.90 Å². The second-order valence-electron chi connectivity index (χ2n) is 1.67. The summed E-state index contributed by atoms with van der Waals surface area (Å²) in [5, 5.41) is 0. The highest BCUT2D eigenvalue weighted by atomic mass is 127. The van der Waals surface area contributed by atoms with E-state index in [4.69, 9.17) is 0 Å². The summed E-state index contributed by atoms with van der Waals surface area (Å²) in [6.07, 6.45) is 0. The Kier molecular flexibility index (Phi) is 6.91. The quantitative estimate of drug-likeness (QED) is 0.532. The van der Waals surface area contributed by atoms with Crippen LogP contribution in [0.15, 0.2) is 35.2 Å². The van der Waals surface area contributed by atoms with Gasteiger partial charge in [0.25, 0.3) is 0 Å². The van der Waals surface area contributed by atoms with Gasteiger partial charge in [0.1, 0.15) is 0 Å². The predicted octanol–water partition coefficient (Wildman–Crippen LogP) is -0.262. The molecule has 0 bridgehead atoms. The van der Waals surface area contributed by atoms with Crippen molar-refractivity contribution in [1.29, 1.82) is 0 Å². The van der Waals surface area contributed by atoms with Crippen LogP contribution < -0.4 is 24.0 Å². The van der Waals surface area contributed by atoms with E-state index in [1.54, 1.807) is 0 Å². The molecule has 0 aromatic heterocycles. The minimum absolute atomic E-state index is 0. The average Bonchev–Trinajstić information content (AvgIpc) is 1.91. The second-order valence-corrected chi connectivity index (χ2v) is 4.97. The van der Waals surface area contributed by atoms with Crippen LogP contribution in [-0.4, -0.2) is 6.66 Å². The van der Waals surface area contributed by atoms with Crippen LogP contribution in [-0.2, 0) is 0 Å². The third kappa shape index (κ3) is 3.79. The Morgan fingerprint density at radius 2 is 1.80 bits per heavy atom. The molecule has 0 amide bonds. The Hall–Kier alpha value is 0.730. The molecule has 0 nitrogen and oxygen atoms in total. The molecule has 0 saturated heterocycles. The molecule has 0 aliphatic carbocycles. The third-order valence-corrected chi connectivity index (χ3v) is 3.30. The van der Waals surface area contributed by atoms with E-state index in [1.807, 2.05) is 11.4 Å². The van der Waals surface area contributed by atoms with E-state index < -0.39 is 0 Å². The van der Waals surface area contributed by atoms with Gasteiger partial charge in [-0.25, -0.2) is 0 Å². The summed E-state index contributed by atoms with van der Waals surface area (Å²) in [5.41, 5.74) is 0. The molecule has 56 valence electrons. The molecule has 1 atom stereocenters. The topological polar surface area (TPSA) is 0 Å². The lowest BCUT2D eigenvalue weighted by molar-refractivity contribution is -0.00000172. The van der Waals surface area contributed by atoms with E-state index in [1.165, 1.54) is 4.90 Å².